The Hall–Kier alpha value is -2.84. The van der Waals surface area contributed by atoms with E-state index in [4.69, 9.17) is 5.73 Å². The molecule has 2 amide bonds. The van der Waals surface area contributed by atoms with Gasteiger partial charge in [0.1, 0.15) is 0 Å². The van der Waals surface area contributed by atoms with Crippen molar-refractivity contribution in [1.29, 1.82) is 0 Å². The molecular formula is C17H17F3N4O2. The lowest BCUT2D eigenvalue weighted by Crippen LogP contribution is -2.41. The quantitative estimate of drug-likeness (QED) is 0.906. The van der Waals surface area contributed by atoms with E-state index >= 15 is 0 Å². The topological polar surface area (TPSA) is 81.2 Å². The number of alkyl halides is 3. The summed E-state index contributed by atoms with van der Waals surface area (Å²) in [5, 5.41) is 3.61. The van der Waals surface area contributed by atoms with Crippen molar-refractivity contribution in [2.45, 2.75) is 25.1 Å². The summed E-state index contributed by atoms with van der Waals surface area (Å²) in [6, 6.07) is 6.60. The van der Waals surface area contributed by atoms with Crippen LogP contribution in [0.1, 0.15) is 45.3 Å². The number of carbonyl (C=O) groups is 2. The monoisotopic (exact) mass is 366 g/mol. The Morgan fingerprint density at radius 2 is 1.77 bits per heavy atom. The number of primary amides is 1. The van der Waals surface area contributed by atoms with Crippen LogP contribution in [0.15, 0.2) is 36.5 Å². The molecule has 1 saturated heterocycles. The molecular weight excluding hydrogens is 349 g/mol. The van der Waals surface area contributed by atoms with E-state index in [0.717, 1.165) is 6.07 Å². The van der Waals surface area contributed by atoms with Crippen LogP contribution in [-0.2, 0) is 6.18 Å². The average Bonchev–Trinajstić information content (AvgIpc) is 3.12. The van der Waals surface area contributed by atoms with Crippen molar-refractivity contribution in [2.75, 3.05) is 13.1 Å². The van der Waals surface area contributed by atoms with Crippen molar-refractivity contribution in [3.63, 3.8) is 0 Å². The van der Waals surface area contributed by atoms with Crippen LogP contribution < -0.4 is 5.73 Å². The van der Waals surface area contributed by atoms with Gasteiger partial charge < -0.3 is 10.6 Å². The van der Waals surface area contributed by atoms with Crippen molar-refractivity contribution in [2.24, 2.45) is 5.73 Å². The molecule has 1 aliphatic rings. The zero-order chi connectivity index (χ0) is 18.9. The third-order valence-corrected chi connectivity index (χ3v) is 4.37. The number of piperidine rings is 1. The van der Waals surface area contributed by atoms with Crippen molar-refractivity contribution >= 4 is 11.8 Å². The number of nitrogens with zero attached hydrogens (tertiary/aromatic N) is 3. The highest BCUT2D eigenvalue weighted by atomic mass is 19.4. The summed E-state index contributed by atoms with van der Waals surface area (Å²) in [4.78, 5) is 25.3. The molecule has 1 aromatic carbocycles. The molecule has 0 saturated carbocycles. The number of hydrogen-bond acceptors (Lipinski definition) is 3. The molecule has 2 heterocycles. The highest BCUT2D eigenvalue weighted by Crippen LogP contribution is 2.29. The van der Waals surface area contributed by atoms with Crippen LogP contribution in [0.2, 0.25) is 0 Å². The second-order valence-corrected chi connectivity index (χ2v) is 6.17. The van der Waals surface area contributed by atoms with Crippen LogP contribution in [0.3, 0.4) is 0 Å². The van der Waals surface area contributed by atoms with E-state index in [9.17, 15) is 22.8 Å². The van der Waals surface area contributed by atoms with Gasteiger partial charge >= 0.3 is 6.18 Å². The second-order valence-electron chi connectivity index (χ2n) is 6.17. The molecule has 0 aliphatic carbocycles. The Bertz CT molecular complexity index is 814. The van der Waals surface area contributed by atoms with Crippen LogP contribution in [0.25, 0.3) is 0 Å². The normalized spacial score (nSPS) is 18.0. The van der Waals surface area contributed by atoms with Gasteiger partial charge in [0.05, 0.1) is 6.04 Å². The van der Waals surface area contributed by atoms with Gasteiger partial charge in [-0.25, -0.2) is 0 Å². The molecule has 6 nitrogen and oxygen atoms in total. The van der Waals surface area contributed by atoms with Crippen LogP contribution in [0.5, 0.6) is 0 Å². The predicted octanol–water partition coefficient (Wildman–Crippen LogP) is 2.48. The molecule has 1 aromatic heterocycles. The Morgan fingerprint density at radius 1 is 1.12 bits per heavy atom. The number of benzene rings is 1. The highest BCUT2D eigenvalue weighted by molar-refractivity contribution is 5.97. The molecule has 26 heavy (non-hydrogen) atoms. The molecule has 1 atom stereocenters. The minimum atomic E-state index is -4.49. The summed E-state index contributed by atoms with van der Waals surface area (Å²) in [6.07, 6.45) is -1.89. The smallest absolute Gasteiger partial charge is 0.366 e. The summed E-state index contributed by atoms with van der Waals surface area (Å²) in [7, 11) is 0. The number of halogens is 3. The number of amides is 2. The maximum absolute atomic E-state index is 12.7. The average molecular weight is 366 g/mol. The molecule has 2 N–H and O–H groups in total. The Labute approximate surface area is 147 Å². The van der Waals surface area contributed by atoms with Gasteiger partial charge in [0.2, 0.25) is 5.91 Å². The highest BCUT2D eigenvalue weighted by Gasteiger charge is 2.35. The molecule has 1 aliphatic heterocycles. The fourth-order valence-corrected chi connectivity index (χ4v) is 3.01. The SMILES string of the molecule is NC(=O)c1ccc(C(=O)N2CCCC(n3ccc(C(F)(F)F)n3)C2)cc1. The molecule has 2 aromatic rings. The van der Waals surface area contributed by atoms with Crippen molar-refractivity contribution < 1.29 is 22.8 Å². The summed E-state index contributed by atoms with van der Waals surface area (Å²) >= 11 is 0. The van der Waals surface area contributed by atoms with Gasteiger partial charge in [-0.15, -0.1) is 0 Å². The largest absolute Gasteiger partial charge is 0.435 e. The predicted molar refractivity (Wildman–Crippen MR) is 86.4 cm³/mol. The lowest BCUT2D eigenvalue weighted by molar-refractivity contribution is -0.141. The van der Waals surface area contributed by atoms with Gasteiger partial charge in [0, 0.05) is 30.4 Å². The van der Waals surface area contributed by atoms with Crippen molar-refractivity contribution in [1.82, 2.24) is 14.7 Å². The second kappa shape index (κ2) is 6.81. The molecule has 1 fully saturated rings. The van der Waals surface area contributed by atoms with Gasteiger partial charge in [-0.1, -0.05) is 0 Å². The molecule has 0 spiro atoms. The molecule has 0 radical (unpaired) electrons. The number of aromatic nitrogens is 2. The van der Waals surface area contributed by atoms with E-state index in [-0.39, 0.29) is 18.5 Å². The van der Waals surface area contributed by atoms with Crippen molar-refractivity contribution in [3.8, 4) is 0 Å². The van der Waals surface area contributed by atoms with E-state index in [1.165, 1.54) is 35.1 Å². The number of hydrogen-bond donors (Lipinski definition) is 1. The van der Waals surface area contributed by atoms with Gasteiger partial charge in [-0.3, -0.25) is 14.3 Å². The fraction of sp³-hybridized carbons (Fsp3) is 0.353. The third kappa shape index (κ3) is 3.71. The first kappa shape index (κ1) is 18.0. The number of rotatable bonds is 3. The number of nitrogens with two attached hydrogens (primary N) is 1. The summed E-state index contributed by atoms with van der Waals surface area (Å²) in [5.41, 5.74) is 4.93. The zero-order valence-electron chi connectivity index (χ0n) is 13.7. The van der Waals surface area contributed by atoms with E-state index in [1.807, 2.05) is 0 Å². The van der Waals surface area contributed by atoms with Crippen molar-refractivity contribution in [3.05, 3.63) is 53.3 Å². The maximum Gasteiger partial charge on any atom is 0.435 e. The van der Waals surface area contributed by atoms with Gasteiger partial charge in [0.15, 0.2) is 5.69 Å². The molecule has 1 unspecified atom stereocenters. The zero-order valence-corrected chi connectivity index (χ0v) is 13.7. The molecule has 3 rings (SSSR count). The Kier molecular flexibility index (Phi) is 4.71. The first-order valence-electron chi connectivity index (χ1n) is 8.07. The fourth-order valence-electron chi connectivity index (χ4n) is 3.01. The van der Waals surface area contributed by atoms with Gasteiger partial charge in [-0.2, -0.15) is 18.3 Å². The van der Waals surface area contributed by atoms with Gasteiger partial charge in [-0.05, 0) is 43.2 Å². The van der Waals surface area contributed by atoms with Crippen LogP contribution >= 0.6 is 0 Å². The first-order valence-corrected chi connectivity index (χ1v) is 8.07. The summed E-state index contributed by atoms with van der Waals surface area (Å²) in [5.74, 6) is -0.824. The Balaban J connectivity index is 1.72. The summed E-state index contributed by atoms with van der Waals surface area (Å²) in [6.45, 7) is 0.787. The first-order chi connectivity index (χ1) is 12.3. The standard InChI is InChI=1S/C17H17F3N4O2/c18-17(19,20)14-7-9-24(22-14)13-2-1-8-23(10-13)16(26)12-5-3-11(4-6-12)15(21)25/h3-7,9,13H,1-2,8,10H2,(H2,21,25). The number of carbonyl (C=O) groups excluding carboxylic acids is 2. The minimum Gasteiger partial charge on any atom is -0.366 e. The van der Waals surface area contributed by atoms with Crippen LogP contribution in [-0.4, -0.2) is 39.6 Å². The van der Waals surface area contributed by atoms with Gasteiger partial charge in [0.25, 0.3) is 5.91 Å². The van der Waals surface area contributed by atoms with E-state index in [2.05, 4.69) is 5.10 Å². The molecule has 0 bridgehead atoms. The van der Waals surface area contributed by atoms with E-state index in [0.29, 0.717) is 30.5 Å². The van der Waals surface area contributed by atoms with E-state index in [1.54, 1.807) is 4.90 Å². The molecule has 138 valence electrons. The van der Waals surface area contributed by atoms with E-state index < -0.39 is 17.8 Å². The Morgan fingerprint density at radius 3 is 2.35 bits per heavy atom. The number of likely N-dealkylation sites (tertiary alicyclic amines) is 1. The van der Waals surface area contributed by atoms with Crippen LogP contribution in [0, 0.1) is 0 Å². The van der Waals surface area contributed by atoms with Crippen LogP contribution in [0.4, 0.5) is 13.2 Å². The third-order valence-electron chi connectivity index (χ3n) is 4.37. The maximum atomic E-state index is 12.7. The lowest BCUT2D eigenvalue weighted by Gasteiger charge is -2.33. The molecule has 9 heteroatoms. The minimum absolute atomic E-state index is 0.242. The summed E-state index contributed by atoms with van der Waals surface area (Å²) < 4.78 is 39.4. The lowest BCUT2D eigenvalue weighted by atomic mass is 10.0.